The second kappa shape index (κ2) is 15.8. The number of nitrogens with zero attached hydrogens (tertiary/aromatic N) is 2. The first-order valence-electron chi connectivity index (χ1n) is 14.8. The first kappa shape index (κ1) is 35.3. The molecule has 0 bridgehead atoms. The summed E-state index contributed by atoms with van der Waals surface area (Å²) >= 11 is 19.3. The van der Waals surface area contributed by atoms with Crippen molar-refractivity contribution < 1.29 is 18.0 Å². The molecule has 1 N–H and O–H groups in total. The van der Waals surface area contributed by atoms with Gasteiger partial charge in [-0.2, -0.15) is 0 Å². The van der Waals surface area contributed by atoms with Crippen LogP contribution >= 0.6 is 34.8 Å². The number of carbonyl (C=O) groups excluding carboxylic acids is 2. The van der Waals surface area contributed by atoms with E-state index >= 15 is 0 Å². The summed E-state index contributed by atoms with van der Waals surface area (Å²) in [5.74, 6) is -0.838. The van der Waals surface area contributed by atoms with Crippen LogP contribution < -0.4 is 9.62 Å². The number of amides is 2. The molecule has 0 aromatic heterocycles. The Morgan fingerprint density at radius 2 is 1.48 bits per heavy atom. The van der Waals surface area contributed by atoms with Gasteiger partial charge in [0.1, 0.15) is 12.6 Å². The third-order valence-electron chi connectivity index (χ3n) is 7.32. The Morgan fingerprint density at radius 1 is 0.826 bits per heavy atom. The van der Waals surface area contributed by atoms with Crippen LogP contribution in [0.5, 0.6) is 0 Å². The number of nitrogens with one attached hydrogen (secondary N) is 1. The van der Waals surface area contributed by atoms with Crippen molar-refractivity contribution in [2.24, 2.45) is 5.92 Å². The molecule has 0 spiro atoms. The van der Waals surface area contributed by atoms with Crippen LogP contribution in [0.2, 0.25) is 15.1 Å². The summed E-state index contributed by atoms with van der Waals surface area (Å²) in [6.45, 7) is 5.47. The van der Waals surface area contributed by atoms with Gasteiger partial charge in [0.25, 0.3) is 10.0 Å². The molecule has 1 atom stereocenters. The maximum absolute atomic E-state index is 14.6. The zero-order chi connectivity index (χ0) is 33.4. The van der Waals surface area contributed by atoms with Crippen molar-refractivity contribution in [2.75, 3.05) is 17.4 Å². The van der Waals surface area contributed by atoms with Crippen LogP contribution in [0.15, 0.2) is 102 Å². The Hall–Kier alpha value is -3.56. The lowest BCUT2D eigenvalue weighted by Crippen LogP contribution is -2.53. The largest absolute Gasteiger partial charge is 0.354 e. The van der Waals surface area contributed by atoms with Gasteiger partial charge in [0.15, 0.2) is 0 Å². The topological polar surface area (TPSA) is 86.8 Å². The van der Waals surface area contributed by atoms with Gasteiger partial charge < -0.3 is 10.2 Å². The van der Waals surface area contributed by atoms with Gasteiger partial charge in [0.05, 0.1) is 15.6 Å². The third-order valence-corrected chi connectivity index (χ3v) is 10.0. The average Bonchev–Trinajstić information content (AvgIpc) is 3.02. The highest BCUT2D eigenvalue weighted by Crippen LogP contribution is 2.31. The Balaban J connectivity index is 1.83. The van der Waals surface area contributed by atoms with E-state index in [2.05, 4.69) is 5.32 Å². The molecule has 0 aliphatic heterocycles. The van der Waals surface area contributed by atoms with Crippen LogP contribution in [-0.4, -0.2) is 44.3 Å². The number of anilines is 1. The third kappa shape index (κ3) is 9.04. The number of aryl methyl sites for hydroxylation is 1. The molecule has 0 saturated heterocycles. The number of hydrogen-bond acceptors (Lipinski definition) is 4. The predicted octanol–water partition coefficient (Wildman–Crippen LogP) is 7.56. The molecule has 4 rings (SSSR count). The van der Waals surface area contributed by atoms with E-state index in [0.717, 1.165) is 15.4 Å². The first-order chi connectivity index (χ1) is 21.9. The molecule has 0 fully saturated rings. The Labute approximate surface area is 286 Å². The second-order valence-corrected chi connectivity index (χ2v) is 14.5. The number of rotatable bonds is 13. The molecular weight excluding hydrogens is 665 g/mol. The molecule has 0 radical (unpaired) electrons. The van der Waals surface area contributed by atoms with Crippen LogP contribution in [0.3, 0.4) is 0 Å². The zero-order valence-corrected chi connectivity index (χ0v) is 28.9. The van der Waals surface area contributed by atoms with Gasteiger partial charge in [-0.25, -0.2) is 8.42 Å². The van der Waals surface area contributed by atoms with E-state index in [4.69, 9.17) is 34.8 Å². The number of sulfonamides is 1. The molecule has 46 heavy (non-hydrogen) atoms. The summed E-state index contributed by atoms with van der Waals surface area (Å²) in [6, 6.07) is 26.0. The lowest BCUT2D eigenvalue weighted by atomic mass is 10.0. The molecule has 0 saturated carbocycles. The molecule has 0 aliphatic carbocycles. The van der Waals surface area contributed by atoms with Crippen molar-refractivity contribution in [3.05, 3.63) is 129 Å². The van der Waals surface area contributed by atoms with E-state index in [1.165, 1.54) is 17.0 Å². The number of para-hydroxylation sites is 1. The second-order valence-electron chi connectivity index (χ2n) is 11.4. The van der Waals surface area contributed by atoms with Gasteiger partial charge in [0.2, 0.25) is 11.8 Å². The summed E-state index contributed by atoms with van der Waals surface area (Å²) in [6.07, 6.45) is 0.179. The number of carbonyl (C=O) groups is 2. The van der Waals surface area contributed by atoms with E-state index in [-0.39, 0.29) is 40.4 Å². The predicted molar refractivity (Wildman–Crippen MR) is 186 cm³/mol. The van der Waals surface area contributed by atoms with Crippen LogP contribution in [0.4, 0.5) is 5.69 Å². The molecule has 242 valence electrons. The van der Waals surface area contributed by atoms with E-state index in [9.17, 15) is 18.0 Å². The van der Waals surface area contributed by atoms with Crippen LogP contribution in [0.25, 0.3) is 0 Å². The van der Waals surface area contributed by atoms with Crippen molar-refractivity contribution in [1.82, 2.24) is 10.2 Å². The molecule has 0 unspecified atom stereocenters. The van der Waals surface area contributed by atoms with Crippen LogP contribution in [0, 0.1) is 12.8 Å². The zero-order valence-electron chi connectivity index (χ0n) is 25.8. The van der Waals surface area contributed by atoms with Gasteiger partial charge in [-0.15, -0.1) is 0 Å². The van der Waals surface area contributed by atoms with E-state index in [1.807, 2.05) is 51.1 Å². The number of hydrogen-bond donors (Lipinski definition) is 1. The average molecular weight is 701 g/mol. The fourth-order valence-electron chi connectivity index (χ4n) is 4.81. The quantitative estimate of drug-likeness (QED) is 0.156. The fourth-order valence-corrected chi connectivity index (χ4v) is 7.00. The minimum absolute atomic E-state index is 0.00590. The summed E-state index contributed by atoms with van der Waals surface area (Å²) in [5, 5.41) is 3.83. The lowest BCUT2D eigenvalue weighted by molar-refractivity contribution is -0.140. The number of benzene rings is 4. The first-order valence-corrected chi connectivity index (χ1v) is 17.3. The number of halogens is 3. The van der Waals surface area contributed by atoms with Gasteiger partial charge in [-0.05, 0) is 60.4 Å². The monoisotopic (exact) mass is 699 g/mol. The van der Waals surface area contributed by atoms with Gasteiger partial charge >= 0.3 is 0 Å². The molecule has 4 aromatic carbocycles. The standard InChI is InChI=1S/C35H36Cl3N3O4S/c1-24(2)21-39-35(43)33(19-26-9-5-4-6-10-26)40(22-27-15-16-28(36)20-31(27)38)34(42)23-41(32-12-8-7-11-30(32)37)46(44,45)29-17-13-25(3)14-18-29/h4-18,20,24,33H,19,21-23H2,1-3H3,(H,39,43)/t33-/m1/s1. The summed E-state index contributed by atoms with van der Waals surface area (Å²) in [4.78, 5) is 29.8. The Kier molecular flexibility index (Phi) is 12.1. The Bertz CT molecular complexity index is 1770. The maximum Gasteiger partial charge on any atom is 0.264 e. The lowest BCUT2D eigenvalue weighted by Gasteiger charge is -2.34. The molecule has 4 aromatic rings. The maximum atomic E-state index is 14.6. The SMILES string of the molecule is Cc1ccc(S(=O)(=O)N(CC(=O)N(Cc2ccc(Cl)cc2Cl)[C@H](Cc2ccccc2)C(=O)NCC(C)C)c2ccccc2Cl)cc1. The van der Waals surface area contributed by atoms with Gasteiger partial charge in [-0.1, -0.05) is 115 Å². The highest BCUT2D eigenvalue weighted by atomic mass is 35.5. The summed E-state index contributed by atoms with van der Waals surface area (Å²) in [7, 11) is -4.28. The van der Waals surface area contributed by atoms with Crippen molar-refractivity contribution >= 4 is 62.3 Å². The molecule has 11 heteroatoms. The van der Waals surface area contributed by atoms with Crippen molar-refractivity contribution in [3.63, 3.8) is 0 Å². The summed E-state index contributed by atoms with van der Waals surface area (Å²) < 4.78 is 29.3. The molecular formula is C35H36Cl3N3O4S. The van der Waals surface area contributed by atoms with Crippen LogP contribution in [0.1, 0.15) is 30.5 Å². The minimum Gasteiger partial charge on any atom is -0.354 e. The smallest absolute Gasteiger partial charge is 0.264 e. The molecule has 7 nitrogen and oxygen atoms in total. The molecule has 0 heterocycles. The highest BCUT2D eigenvalue weighted by molar-refractivity contribution is 7.92. The molecule has 2 amide bonds. The normalized spacial score (nSPS) is 12.1. The summed E-state index contributed by atoms with van der Waals surface area (Å²) in [5.41, 5.74) is 2.37. The van der Waals surface area contributed by atoms with Crippen molar-refractivity contribution in [3.8, 4) is 0 Å². The van der Waals surface area contributed by atoms with E-state index < -0.39 is 28.5 Å². The van der Waals surface area contributed by atoms with E-state index in [0.29, 0.717) is 22.2 Å². The van der Waals surface area contributed by atoms with E-state index in [1.54, 1.807) is 54.6 Å². The Morgan fingerprint density at radius 3 is 2.11 bits per heavy atom. The van der Waals surface area contributed by atoms with Crippen molar-refractivity contribution in [1.29, 1.82) is 0 Å². The molecule has 0 aliphatic rings. The van der Waals surface area contributed by atoms with Gasteiger partial charge in [-0.3, -0.25) is 13.9 Å². The minimum atomic E-state index is -4.28. The van der Waals surface area contributed by atoms with Crippen LogP contribution in [-0.2, 0) is 32.6 Å². The van der Waals surface area contributed by atoms with Crippen molar-refractivity contribution in [2.45, 2.75) is 44.7 Å². The highest BCUT2D eigenvalue weighted by Gasteiger charge is 2.35. The fraction of sp³-hybridized carbons (Fsp3) is 0.257. The van der Waals surface area contributed by atoms with Gasteiger partial charge in [0, 0.05) is 29.6 Å².